The molecule has 0 bridgehead atoms. The Labute approximate surface area is 190 Å². The average molecular weight is 452 g/mol. The molecule has 1 fully saturated rings. The van der Waals surface area contributed by atoms with E-state index in [1.165, 1.54) is 4.90 Å². The minimum Gasteiger partial charge on any atom is -0.507 e. The number of benzene rings is 3. The number of aliphatic hydroxyl groups excluding tert-OH is 1. The zero-order chi connectivity index (χ0) is 22.0. The van der Waals surface area contributed by atoms with E-state index in [-0.39, 0.29) is 11.3 Å². The monoisotopic (exact) mass is 451 g/mol. The van der Waals surface area contributed by atoms with E-state index < -0.39 is 17.7 Å². The van der Waals surface area contributed by atoms with Gasteiger partial charge in [0.25, 0.3) is 11.7 Å². The molecule has 1 N–H and O–H groups in total. The van der Waals surface area contributed by atoms with Gasteiger partial charge in [0.05, 0.1) is 11.6 Å². The van der Waals surface area contributed by atoms with Crippen molar-refractivity contribution in [1.29, 1.82) is 0 Å². The van der Waals surface area contributed by atoms with Gasteiger partial charge < -0.3 is 10.0 Å². The van der Waals surface area contributed by atoms with Crippen LogP contribution in [0.4, 0.5) is 0 Å². The number of carbonyl (C=O) groups excluding carboxylic acids is 2. The lowest BCUT2D eigenvalue weighted by atomic mass is 9.95. The maximum Gasteiger partial charge on any atom is 0.295 e. The van der Waals surface area contributed by atoms with E-state index in [0.717, 1.165) is 5.56 Å². The smallest absolute Gasteiger partial charge is 0.295 e. The summed E-state index contributed by atoms with van der Waals surface area (Å²) in [5.74, 6) is -1.57. The third-order valence-electron chi connectivity index (χ3n) is 5.33. The predicted octanol–water partition coefficient (Wildman–Crippen LogP) is 5.66. The highest BCUT2D eigenvalue weighted by atomic mass is 35.5. The van der Waals surface area contributed by atoms with Crippen LogP contribution in [0.25, 0.3) is 5.76 Å². The minimum absolute atomic E-state index is 0.0581. The van der Waals surface area contributed by atoms with Crippen LogP contribution in [-0.4, -0.2) is 28.2 Å². The predicted molar refractivity (Wildman–Crippen MR) is 122 cm³/mol. The maximum absolute atomic E-state index is 13.0. The van der Waals surface area contributed by atoms with Gasteiger partial charge in [0, 0.05) is 22.2 Å². The quantitative estimate of drug-likeness (QED) is 0.309. The van der Waals surface area contributed by atoms with Crippen molar-refractivity contribution in [3.8, 4) is 0 Å². The van der Waals surface area contributed by atoms with E-state index in [1.54, 1.807) is 48.5 Å². The first-order valence-electron chi connectivity index (χ1n) is 9.79. The summed E-state index contributed by atoms with van der Waals surface area (Å²) in [7, 11) is 0. The van der Waals surface area contributed by atoms with Crippen molar-refractivity contribution < 1.29 is 14.7 Å². The molecule has 1 saturated heterocycles. The van der Waals surface area contributed by atoms with Gasteiger partial charge in [-0.2, -0.15) is 0 Å². The Hall–Kier alpha value is -3.08. The Morgan fingerprint density at radius 1 is 0.839 bits per heavy atom. The maximum atomic E-state index is 13.0. The van der Waals surface area contributed by atoms with E-state index in [0.29, 0.717) is 34.1 Å². The zero-order valence-electron chi connectivity index (χ0n) is 16.5. The third-order valence-corrected chi connectivity index (χ3v) is 5.83. The van der Waals surface area contributed by atoms with Crippen molar-refractivity contribution in [3.63, 3.8) is 0 Å². The number of amides is 1. The van der Waals surface area contributed by atoms with Gasteiger partial charge in [-0.25, -0.2) is 0 Å². The lowest BCUT2D eigenvalue weighted by molar-refractivity contribution is -0.139. The van der Waals surface area contributed by atoms with Gasteiger partial charge in [-0.15, -0.1) is 0 Å². The van der Waals surface area contributed by atoms with Crippen molar-refractivity contribution in [2.45, 2.75) is 12.5 Å². The fourth-order valence-electron chi connectivity index (χ4n) is 3.76. The van der Waals surface area contributed by atoms with Crippen molar-refractivity contribution >= 4 is 40.7 Å². The van der Waals surface area contributed by atoms with Crippen molar-refractivity contribution in [2.75, 3.05) is 6.54 Å². The second-order valence-corrected chi connectivity index (χ2v) is 8.16. The van der Waals surface area contributed by atoms with Crippen molar-refractivity contribution in [1.82, 2.24) is 4.90 Å². The van der Waals surface area contributed by atoms with Gasteiger partial charge in [0.2, 0.25) is 0 Å². The van der Waals surface area contributed by atoms with E-state index in [2.05, 4.69) is 0 Å². The number of rotatable bonds is 5. The summed E-state index contributed by atoms with van der Waals surface area (Å²) in [6.07, 6.45) is 0.582. The Balaban J connectivity index is 1.78. The van der Waals surface area contributed by atoms with Crippen LogP contribution in [0.15, 0.2) is 84.4 Å². The number of Topliss-reactive ketones (excluding diaryl/α,β-unsaturated/α-hetero) is 1. The molecule has 1 aliphatic rings. The van der Waals surface area contributed by atoms with Crippen molar-refractivity contribution in [3.05, 3.63) is 111 Å². The summed E-state index contributed by atoms with van der Waals surface area (Å²) in [6, 6.07) is 22.5. The summed E-state index contributed by atoms with van der Waals surface area (Å²) in [4.78, 5) is 27.5. The third kappa shape index (κ3) is 4.36. The van der Waals surface area contributed by atoms with Gasteiger partial charge in [0.15, 0.2) is 0 Å². The fraction of sp³-hybridized carbons (Fsp3) is 0.120. The Morgan fingerprint density at radius 3 is 2.03 bits per heavy atom. The SMILES string of the molecule is O=C1C(=O)N(CCc2ccccc2)C(c2ccc(Cl)cc2)/C1=C(\O)c1ccc(Cl)cc1. The minimum atomic E-state index is -0.711. The number of ketones is 1. The highest BCUT2D eigenvalue weighted by Gasteiger charge is 2.45. The number of aliphatic hydroxyl groups is 1. The Morgan fingerprint density at radius 2 is 1.42 bits per heavy atom. The average Bonchev–Trinajstić information content (AvgIpc) is 3.04. The van der Waals surface area contributed by atoms with Gasteiger partial charge in [-0.3, -0.25) is 9.59 Å². The molecular weight excluding hydrogens is 433 g/mol. The van der Waals surface area contributed by atoms with Crippen LogP contribution in [0, 0.1) is 0 Å². The van der Waals surface area contributed by atoms with Crippen LogP contribution in [0.2, 0.25) is 10.0 Å². The first kappa shape index (κ1) is 21.2. The van der Waals surface area contributed by atoms with Gasteiger partial charge in [-0.05, 0) is 53.9 Å². The highest BCUT2D eigenvalue weighted by molar-refractivity contribution is 6.46. The number of carbonyl (C=O) groups is 2. The van der Waals surface area contributed by atoms with Crippen LogP contribution in [0.3, 0.4) is 0 Å². The van der Waals surface area contributed by atoms with Gasteiger partial charge in [-0.1, -0.05) is 65.7 Å². The second-order valence-electron chi connectivity index (χ2n) is 7.29. The second kappa shape index (κ2) is 8.96. The van der Waals surface area contributed by atoms with Crippen LogP contribution in [0.5, 0.6) is 0 Å². The van der Waals surface area contributed by atoms with E-state index in [9.17, 15) is 14.7 Å². The molecule has 0 aliphatic carbocycles. The molecule has 3 aromatic rings. The number of hydrogen-bond donors (Lipinski definition) is 1. The molecule has 1 aliphatic heterocycles. The van der Waals surface area contributed by atoms with Crippen LogP contribution < -0.4 is 0 Å². The van der Waals surface area contributed by atoms with Gasteiger partial charge >= 0.3 is 0 Å². The van der Waals surface area contributed by atoms with Crippen LogP contribution in [0.1, 0.15) is 22.7 Å². The normalized spacial score (nSPS) is 17.9. The molecule has 0 saturated carbocycles. The summed E-state index contributed by atoms with van der Waals surface area (Å²) >= 11 is 12.0. The van der Waals surface area contributed by atoms with Gasteiger partial charge in [0.1, 0.15) is 5.76 Å². The molecule has 0 spiro atoms. The van der Waals surface area contributed by atoms with Crippen molar-refractivity contribution in [2.24, 2.45) is 0 Å². The topological polar surface area (TPSA) is 57.6 Å². The molecule has 156 valence electrons. The first-order valence-corrected chi connectivity index (χ1v) is 10.5. The lowest BCUT2D eigenvalue weighted by Gasteiger charge is -2.25. The van der Waals surface area contributed by atoms with E-state index >= 15 is 0 Å². The molecular formula is C25H19Cl2NO3. The molecule has 1 unspecified atom stereocenters. The molecule has 31 heavy (non-hydrogen) atoms. The molecule has 1 heterocycles. The molecule has 4 nitrogen and oxygen atoms in total. The largest absolute Gasteiger partial charge is 0.507 e. The number of halogens is 2. The summed E-state index contributed by atoms with van der Waals surface area (Å²) < 4.78 is 0. The van der Waals surface area contributed by atoms with Crippen LogP contribution >= 0.6 is 23.2 Å². The standard InChI is InChI=1S/C25H19Cl2NO3/c26-19-10-6-17(7-11-19)22-21(23(29)18-8-12-20(27)13-9-18)24(30)25(31)28(22)15-14-16-4-2-1-3-5-16/h1-13,22,29H,14-15H2/b23-21+. The highest BCUT2D eigenvalue weighted by Crippen LogP contribution is 2.39. The van der Waals surface area contributed by atoms with Crippen LogP contribution in [-0.2, 0) is 16.0 Å². The van der Waals surface area contributed by atoms with E-state index in [4.69, 9.17) is 23.2 Å². The zero-order valence-corrected chi connectivity index (χ0v) is 18.0. The number of likely N-dealkylation sites (tertiary alicyclic amines) is 1. The summed E-state index contributed by atoms with van der Waals surface area (Å²) in [6.45, 7) is 0.333. The summed E-state index contributed by atoms with van der Waals surface area (Å²) in [5.41, 5.74) is 2.23. The molecule has 1 amide bonds. The fourth-order valence-corrected chi connectivity index (χ4v) is 4.01. The molecule has 1 atom stereocenters. The first-order chi connectivity index (χ1) is 15.0. The molecule has 0 aromatic heterocycles. The molecule has 3 aromatic carbocycles. The number of nitrogens with zero attached hydrogens (tertiary/aromatic N) is 1. The summed E-state index contributed by atoms with van der Waals surface area (Å²) in [5, 5.41) is 12.1. The molecule has 6 heteroatoms. The number of hydrogen-bond acceptors (Lipinski definition) is 3. The molecule has 4 rings (SSSR count). The molecule has 0 radical (unpaired) electrons. The van der Waals surface area contributed by atoms with E-state index in [1.807, 2.05) is 30.3 Å². The lowest BCUT2D eigenvalue weighted by Crippen LogP contribution is -2.31. The Kier molecular flexibility index (Phi) is 6.12. The Bertz CT molecular complexity index is 1140.